The predicted molar refractivity (Wildman–Crippen MR) is 80.3 cm³/mol. The van der Waals surface area contributed by atoms with Crippen LogP contribution in [0.1, 0.15) is 21.2 Å². The van der Waals surface area contributed by atoms with Crippen LogP contribution in [0, 0.1) is 6.92 Å². The summed E-state index contributed by atoms with van der Waals surface area (Å²) in [5, 5.41) is 3.88. The van der Waals surface area contributed by atoms with Gasteiger partial charge in [-0.3, -0.25) is 4.79 Å². The average molecular weight is 304 g/mol. The number of fused-ring (bicyclic) bond motifs is 1. The highest BCUT2D eigenvalue weighted by atomic mass is 32.1. The number of aromatic nitrogens is 3. The van der Waals surface area contributed by atoms with Gasteiger partial charge in [0.15, 0.2) is 5.69 Å². The smallest absolute Gasteiger partial charge is 0.272 e. The Labute approximate surface area is 124 Å². The number of benzene rings is 1. The molecule has 1 N–H and O–H groups in total. The van der Waals surface area contributed by atoms with Crippen LogP contribution >= 0.6 is 23.1 Å². The molecule has 3 aromatic rings. The van der Waals surface area contributed by atoms with E-state index in [2.05, 4.69) is 25.1 Å². The maximum Gasteiger partial charge on any atom is 0.272 e. The zero-order valence-corrected chi connectivity index (χ0v) is 12.4. The number of amides is 1. The highest BCUT2D eigenvalue weighted by Crippen LogP contribution is 2.21. The van der Waals surface area contributed by atoms with E-state index in [1.54, 1.807) is 18.3 Å². The van der Waals surface area contributed by atoms with Crippen molar-refractivity contribution in [3.63, 3.8) is 0 Å². The first-order valence-electron chi connectivity index (χ1n) is 6.16. The third-order valence-corrected chi connectivity index (χ3v) is 4.55. The molecule has 102 valence electrons. The van der Waals surface area contributed by atoms with Crippen molar-refractivity contribution >= 4 is 39.2 Å². The molecular weight excluding hydrogens is 292 g/mol. The molecule has 7 heteroatoms. The molecule has 0 bridgehead atoms. The van der Waals surface area contributed by atoms with E-state index < -0.39 is 0 Å². The number of rotatable bonds is 4. The molecule has 3 rings (SSSR count). The van der Waals surface area contributed by atoms with Crippen molar-refractivity contribution < 1.29 is 4.79 Å². The summed E-state index contributed by atoms with van der Waals surface area (Å²) < 4.78 is 9.15. The van der Waals surface area contributed by atoms with Gasteiger partial charge in [-0.25, -0.2) is 4.98 Å². The number of carbonyl (C=O) groups is 1. The zero-order chi connectivity index (χ0) is 13.9. The Bertz CT molecular complexity index is 717. The first-order valence-corrected chi connectivity index (χ1v) is 7.70. The van der Waals surface area contributed by atoms with E-state index in [-0.39, 0.29) is 5.91 Å². The summed E-state index contributed by atoms with van der Waals surface area (Å²) in [5.74, 6) is -0.169. The standard InChI is InChI=1S/C13H12N4OS2/c1-8-12(17-20-16-8)13(18)14-7-6-11-15-9-4-2-3-5-10(9)19-11/h2-5H,6-7H2,1H3,(H,14,18). The minimum Gasteiger partial charge on any atom is -0.350 e. The second-order valence-electron chi connectivity index (χ2n) is 4.28. The number of nitrogens with zero attached hydrogens (tertiary/aromatic N) is 3. The molecule has 0 aliphatic heterocycles. The van der Waals surface area contributed by atoms with Crippen LogP contribution in [-0.2, 0) is 6.42 Å². The van der Waals surface area contributed by atoms with Gasteiger partial charge in [-0.05, 0) is 19.1 Å². The minimum atomic E-state index is -0.169. The summed E-state index contributed by atoms with van der Waals surface area (Å²) >= 11 is 2.72. The van der Waals surface area contributed by atoms with Crippen LogP contribution in [0.25, 0.3) is 10.2 Å². The fourth-order valence-electron chi connectivity index (χ4n) is 1.83. The van der Waals surface area contributed by atoms with Crippen molar-refractivity contribution in [3.8, 4) is 0 Å². The molecule has 0 aliphatic rings. The number of hydrogen-bond acceptors (Lipinski definition) is 6. The number of thiazole rings is 1. The summed E-state index contributed by atoms with van der Waals surface area (Å²) in [5.41, 5.74) is 2.10. The molecule has 0 atom stereocenters. The molecule has 20 heavy (non-hydrogen) atoms. The minimum absolute atomic E-state index is 0.169. The number of hydrogen-bond donors (Lipinski definition) is 1. The van der Waals surface area contributed by atoms with Crippen molar-refractivity contribution in [3.05, 3.63) is 40.7 Å². The maximum absolute atomic E-state index is 11.9. The highest BCUT2D eigenvalue weighted by Gasteiger charge is 2.12. The summed E-state index contributed by atoms with van der Waals surface area (Å²) in [6.45, 7) is 2.33. The number of nitrogens with one attached hydrogen (secondary N) is 1. The van der Waals surface area contributed by atoms with Gasteiger partial charge in [0.05, 0.1) is 32.6 Å². The van der Waals surface area contributed by atoms with Crippen LogP contribution in [0.15, 0.2) is 24.3 Å². The van der Waals surface area contributed by atoms with Gasteiger partial charge in [-0.1, -0.05) is 12.1 Å². The second-order valence-corrected chi connectivity index (χ2v) is 5.92. The van der Waals surface area contributed by atoms with E-state index in [1.807, 2.05) is 18.2 Å². The lowest BCUT2D eigenvalue weighted by Crippen LogP contribution is -2.26. The van der Waals surface area contributed by atoms with Crippen LogP contribution in [0.5, 0.6) is 0 Å². The van der Waals surface area contributed by atoms with Gasteiger partial charge in [-0.15, -0.1) is 11.3 Å². The number of para-hydroxylation sites is 1. The van der Waals surface area contributed by atoms with E-state index in [0.717, 1.165) is 28.7 Å². The monoisotopic (exact) mass is 304 g/mol. The fraction of sp³-hybridized carbons (Fsp3) is 0.231. The van der Waals surface area contributed by atoms with E-state index in [1.165, 1.54) is 4.70 Å². The molecule has 0 fully saturated rings. The average Bonchev–Trinajstić information content (AvgIpc) is 3.04. The Morgan fingerprint density at radius 3 is 2.90 bits per heavy atom. The quantitative estimate of drug-likeness (QED) is 0.804. The number of aryl methyl sites for hydroxylation is 1. The number of carbonyl (C=O) groups excluding carboxylic acids is 1. The van der Waals surface area contributed by atoms with Gasteiger partial charge in [0.1, 0.15) is 0 Å². The van der Waals surface area contributed by atoms with Gasteiger partial charge in [0.25, 0.3) is 5.91 Å². The van der Waals surface area contributed by atoms with Crippen molar-refractivity contribution in [2.24, 2.45) is 0 Å². The largest absolute Gasteiger partial charge is 0.350 e. The molecule has 2 aromatic heterocycles. The van der Waals surface area contributed by atoms with Crippen LogP contribution < -0.4 is 5.32 Å². The van der Waals surface area contributed by atoms with E-state index in [0.29, 0.717) is 17.9 Å². The molecule has 0 saturated carbocycles. The molecule has 5 nitrogen and oxygen atoms in total. The van der Waals surface area contributed by atoms with Crippen LogP contribution in [0.2, 0.25) is 0 Å². The van der Waals surface area contributed by atoms with Crippen LogP contribution in [0.3, 0.4) is 0 Å². The summed E-state index contributed by atoms with van der Waals surface area (Å²) in [7, 11) is 0. The Morgan fingerprint density at radius 1 is 1.30 bits per heavy atom. The highest BCUT2D eigenvalue weighted by molar-refractivity contribution is 7.18. The maximum atomic E-state index is 11.9. The predicted octanol–water partition coefficient (Wildman–Crippen LogP) is 2.43. The fourth-order valence-corrected chi connectivity index (χ4v) is 3.34. The van der Waals surface area contributed by atoms with Crippen molar-refractivity contribution in [1.29, 1.82) is 0 Å². The molecule has 0 saturated heterocycles. The molecule has 0 spiro atoms. The van der Waals surface area contributed by atoms with Gasteiger partial charge < -0.3 is 5.32 Å². The normalized spacial score (nSPS) is 10.8. The zero-order valence-electron chi connectivity index (χ0n) is 10.8. The lowest BCUT2D eigenvalue weighted by atomic mass is 10.3. The van der Waals surface area contributed by atoms with E-state index in [9.17, 15) is 4.79 Å². The summed E-state index contributed by atoms with van der Waals surface area (Å²) in [4.78, 5) is 16.4. The van der Waals surface area contributed by atoms with Gasteiger partial charge in [0.2, 0.25) is 0 Å². The summed E-state index contributed by atoms with van der Waals surface area (Å²) in [6.07, 6.45) is 0.724. The lowest BCUT2D eigenvalue weighted by molar-refractivity contribution is 0.0949. The Kier molecular flexibility index (Phi) is 3.70. The molecule has 2 heterocycles. The van der Waals surface area contributed by atoms with E-state index >= 15 is 0 Å². The van der Waals surface area contributed by atoms with Crippen molar-refractivity contribution in [2.45, 2.75) is 13.3 Å². The van der Waals surface area contributed by atoms with E-state index in [4.69, 9.17) is 0 Å². The third kappa shape index (κ3) is 2.68. The van der Waals surface area contributed by atoms with Gasteiger partial charge >= 0.3 is 0 Å². The van der Waals surface area contributed by atoms with Crippen LogP contribution in [0.4, 0.5) is 0 Å². The van der Waals surface area contributed by atoms with Crippen LogP contribution in [-0.4, -0.2) is 26.2 Å². The Morgan fingerprint density at radius 2 is 2.15 bits per heavy atom. The Balaban J connectivity index is 1.60. The van der Waals surface area contributed by atoms with Gasteiger partial charge in [0, 0.05) is 13.0 Å². The topological polar surface area (TPSA) is 67.8 Å². The molecule has 0 radical (unpaired) electrons. The second kappa shape index (κ2) is 5.64. The first-order chi connectivity index (χ1) is 9.74. The van der Waals surface area contributed by atoms with Crippen molar-refractivity contribution in [2.75, 3.05) is 6.54 Å². The first kappa shape index (κ1) is 13.1. The molecule has 0 unspecified atom stereocenters. The molecule has 1 amide bonds. The van der Waals surface area contributed by atoms with Gasteiger partial charge in [-0.2, -0.15) is 8.75 Å². The SMILES string of the molecule is Cc1nsnc1C(=O)NCCc1nc2ccccc2s1. The summed E-state index contributed by atoms with van der Waals surface area (Å²) in [6, 6.07) is 8.04. The molecule has 0 aliphatic carbocycles. The molecule has 1 aromatic carbocycles. The lowest BCUT2D eigenvalue weighted by Gasteiger charge is -2.01. The molecular formula is C13H12N4OS2. The third-order valence-electron chi connectivity index (χ3n) is 2.83. The Hall–Kier alpha value is -1.86. The van der Waals surface area contributed by atoms with Crippen molar-refractivity contribution in [1.82, 2.24) is 19.0 Å².